The Morgan fingerprint density at radius 1 is 1.33 bits per heavy atom. The molecule has 0 spiro atoms. The van der Waals surface area contributed by atoms with E-state index < -0.39 is 11.4 Å². The molecule has 102 valence electrons. The molecule has 0 aromatic carbocycles. The highest BCUT2D eigenvalue weighted by Gasteiger charge is 2.34. The molecule has 4 heteroatoms. The quantitative estimate of drug-likeness (QED) is 0.742. The Kier molecular flexibility index (Phi) is 4.20. The Bertz CT molecular complexity index is 388. The molecule has 18 heavy (non-hydrogen) atoms. The SMILES string of the molecule is CC(C)C1CC(=O)C(C(=O)NC(C)(C)C)=C(O)C1. The summed E-state index contributed by atoms with van der Waals surface area (Å²) in [6.45, 7) is 9.56. The van der Waals surface area contributed by atoms with Crippen molar-refractivity contribution in [3.05, 3.63) is 11.3 Å². The summed E-state index contributed by atoms with van der Waals surface area (Å²) in [5.74, 6) is -0.329. The molecule has 0 saturated heterocycles. The van der Waals surface area contributed by atoms with Crippen LogP contribution in [0.1, 0.15) is 47.5 Å². The van der Waals surface area contributed by atoms with Crippen LogP contribution >= 0.6 is 0 Å². The lowest BCUT2D eigenvalue weighted by Crippen LogP contribution is -2.44. The summed E-state index contributed by atoms with van der Waals surface area (Å²) in [6, 6.07) is 0. The molecule has 0 aromatic rings. The average molecular weight is 253 g/mol. The van der Waals surface area contributed by atoms with E-state index in [2.05, 4.69) is 5.32 Å². The van der Waals surface area contributed by atoms with E-state index in [1.807, 2.05) is 34.6 Å². The molecule has 1 aliphatic rings. The molecule has 1 aliphatic carbocycles. The number of carbonyl (C=O) groups excluding carboxylic acids is 2. The van der Waals surface area contributed by atoms with Gasteiger partial charge >= 0.3 is 0 Å². The maximum atomic E-state index is 12.0. The highest BCUT2D eigenvalue weighted by Crippen LogP contribution is 2.30. The Morgan fingerprint density at radius 3 is 2.28 bits per heavy atom. The van der Waals surface area contributed by atoms with Crippen molar-refractivity contribution in [1.82, 2.24) is 5.32 Å². The number of allylic oxidation sites excluding steroid dienone is 1. The van der Waals surface area contributed by atoms with Crippen LogP contribution < -0.4 is 5.32 Å². The van der Waals surface area contributed by atoms with Gasteiger partial charge in [0, 0.05) is 18.4 Å². The molecule has 0 heterocycles. The summed E-state index contributed by atoms with van der Waals surface area (Å²) >= 11 is 0. The first kappa shape index (κ1) is 14.7. The molecule has 0 aliphatic heterocycles. The van der Waals surface area contributed by atoms with Gasteiger partial charge in [-0.05, 0) is 32.6 Å². The number of aliphatic hydroxyl groups is 1. The number of hydrogen-bond acceptors (Lipinski definition) is 3. The highest BCUT2D eigenvalue weighted by atomic mass is 16.3. The maximum Gasteiger partial charge on any atom is 0.258 e. The van der Waals surface area contributed by atoms with Crippen molar-refractivity contribution in [3.8, 4) is 0 Å². The maximum absolute atomic E-state index is 12.0. The number of rotatable bonds is 2. The van der Waals surface area contributed by atoms with Gasteiger partial charge in [0.05, 0.1) is 0 Å². The number of Topliss-reactive ketones (excluding diaryl/α,β-unsaturated/α-hetero) is 1. The third kappa shape index (κ3) is 3.59. The van der Waals surface area contributed by atoms with Gasteiger partial charge in [0.25, 0.3) is 5.91 Å². The van der Waals surface area contributed by atoms with Gasteiger partial charge in [-0.1, -0.05) is 13.8 Å². The lowest BCUT2D eigenvalue weighted by atomic mass is 9.80. The van der Waals surface area contributed by atoms with Crippen LogP contribution in [-0.4, -0.2) is 22.3 Å². The molecule has 2 N–H and O–H groups in total. The Balaban J connectivity index is 2.91. The summed E-state index contributed by atoms with van der Waals surface area (Å²) in [6.07, 6.45) is 0.755. The fourth-order valence-corrected chi connectivity index (χ4v) is 2.06. The van der Waals surface area contributed by atoms with Crippen molar-refractivity contribution >= 4 is 11.7 Å². The fourth-order valence-electron chi connectivity index (χ4n) is 2.06. The first-order valence-electron chi connectivity index (χ1n) is 6.39. The number of amides is 1. The third-order valence-corrected chi connectivity index (χ3v) is 3.13. The van der Waals surface area contributed by atoms with E-state index in [1.165, 1.54) is 0 Å². The van der Waals surface area contributed by atoms with Gasteiger partial charge in [-0.2, -0.15) is 0 Å². The molecular weight excluding hydrogens is 230 g/mol. The van der Waals surface area contributed by atoms with E-state index in [0.29, 0.717) is 18.8 Å². The molecule has 0 saturated carbocycles. The summed E-state index contributed by atoms with van der Waals surface area (Å²) < 4.78 is 0. The summed E-state index contributed by atoms with van der Waals surface area (Å²) in [5, 5.41) is 12.6. The van der Waals surface area contributed by atoms with Crippen LogP contribution in [0.25, 0.3) is 0 Å². The number of hydrogen-bond donors (Lipinski definition) is 2. The van der Waals surface area contributed by atoms with Crippen LogP contribution in [-0.2, 0) is 9.59 Å². The van der Waals surface area contributed by atoms with E-state index in [0.717, 1.165) is 0 Å². The molecule has 1 unspecified atom stereocenters. The van der Waals surface area contributed by atoms with Crippen LogP contribution in [0.2, 0.25) is 0 Å². The van der Waals surface area contributed by atoms with Crippen molar-refractivity contribution < 1.29 is 14.7 Å². The standard InChI is InChI=1S/C14H23NO3/c1-8(2)9-6-10(16)12(11(17)7-9)13(18)15-14(3,4)5/h8-9,16H,6-7H2,1-5H3,(H,15,18). The second-order valence-electron chi connectivity index (χ2n) is 6.36. The van der Waals surface area contributed by atoms with Gasteiger partial charge < -0.3 is 10.4 Å². The van der Waals surface area contributed by atoms with Crippen molar-refractivity contribution in [2.45, 2.75) is 53.0 Å². The van der Waals surface area contributed by atoms with Gasteiger partial charge in [-0.15, -0.1) is 0 Å². The second-order valence-corrected chi connectivity index (χ2v) is 6.36. The smallest absolute Gasteiger partial charge is 0.258 e. The number of nitrogens with one attached hydrogen (secondary N) is 1. The predicted molar refractivity (Wildman–Crippen MR) is 70.1 cm³/mol. The predicted octanol–water partition coefficient (Wildman–Crippen LogP) is 2.35. The summed E-state index contributed by atoms with van der Waals surface area (Å²) in [4.78, 5) is 23.9. The molecule has 1 rings (SSSR count). The van der Waals surface area contributed by atoms with Gasteiger partial charge in [-0.25, -0.2) is 0 Å². The minimum atomic E-state index is -0.466. The first-order chi connectivity index (χ1) is 8.11. The van der Waals surface area contributed by atoms with Crippen LogP contribution in [0.4, 0.5) is 0 Å². The second kappa shape index (κ2) is 5.12. The Labute approximate surface area is 108 Å². The van der Waals surface area contributed by atoms with E-state index in [1.54, 1.807) is 0 Å². The summed E-state index contributed by atoms with van der Waals surface area (Å²) in [5.41, 5.74) is -0.471. The van der Waals surface area contributed by atoms with E-state index >= 15 is 0 Å². The van der Waals surface area contributed by atoms with Gasteiger partial charge in [-0.3, -0.25) is 9.59 Å². The topological polar surface area (TPSA) is 66.4 Å². The van der Waals surface area contributed by atoms with Crippen LogP contribution in [0.15, 0.2) is 11.3 Å². The van der Waals surface area contributed by atoms with Crippen molar-refractivity contribution in [2.75, 3.05) is 0 Å². The average Bonchev–Trinajstić information content (AvgIpc) is 2.12. The lowest BCUT2D eigenvalue weighted by Gasteiger charge is -2.27. The van der Waals surface area contributed by atoms with E-state index in [-0.39, 0.29) is 23.0 Å². The molecule has 1 atom stereocenters. The molecule has 4 nitrogen and oxygen atoms in total. The monoisotopic (exact) mass is 253 g/mol. The van der Waals surface area contributed by atoms with Crippen molar-refractivity contribution in [3.63, 3.8) is 0 Å². The molecule has 0 fully saturated rings. The summed E-state index contributed by atoms with van der Waals surface area (Å²) in [7, 11) is 0. The van der Waals surface area contributed by atoms with Gasteiger partial charge in [0.15, 0.2) is 5.78 Å². The minimum absolute atomic E-state index is 0.0539. The Morgan fingerprint density at radius 2 is 1.89 bits per heavy atom. The largest absolute Gasteiger partial charge is 0.511 e. The highest BCUT2D eigenvalue weighted by molar-refractivity contribution is 6.20. The van der Waals surface area contributed by atoms with Gasteiger partial charge in [0.2, 0.25) is 0 Å². The zero-order valence-corrected chi connectivity index (χ0v) is 11.8. The van der Waals surface area contributed by atoms with Crippen molar-refractivity contribution in [1.29, 1.82) is 0 Å². The minimum Gasteiger partial charge on any atom is -0.511 e. The van der Waals surface area contributed by atoms with Crippen LogP contribution in [0.5, 0.6) is 0 Å². The Hall–Kier alpha value is -1.32. The number of aliphatic hydroxyl groups excluding tert-OH is 1. The van der Waals surface area contributed by atoms with E-state index in [4.69, 9.17) is 0 Å². The van der Waals surface area contributed by atoms with Gasteiger partial charge in [0.1, 0.15) is 11.3 Å². The van der Waals surface area contributed by atoms with Crippen LogP contribution in [0.3, 0.4) is 0 Å². The zero-order chi connectivity index (χ0) is 14.1. The zero-order valence-electron chi connectivity index (χ0n) is 11.8. The number of ketones is 1. The molecule has 0 radical (unpaired) electrons. The first-order valence-corrected chi connectivity index (χ1v) is 6.39. The van der Waals surface area contributed by atoms with Crippen molar-refractivity contribution in [2.24, 2.45) is 11.8 Å². The molecule has 0 bridgehead atoms. The molecular formula is C14H23NO3. The normalized spacial score (nSPS) is 21.4. The fraction of sp³-hybridized carbons (Fsp3) is 0.714. The molecule has 1 amide bonds. The van der Waals surface area contributed by atoms with Crippen LogP contribution in [0, 0.1) is 11.8 Å². The number of carbonyl (C=O) groups is 2. The third-order valence-electron chi connectivity index (χ3n) is 3.13. The lowest BCUT2D eigenvalue weighted by molar-refractivity contribution is -0.125. The molecule has 0 aromatic heterocycles. The van der Waals surface area contributed by atoms with E-state index in [9.17, 15) is 14.7 Å².